The van der Waals surface area contributed by atoms with Crippen LogP contribution >= 0.6 is 39.1 Å². The van der Waals surface area contributed by atoms with Crippen LogP contribution < -0.4 is 0 Å². The minimum Gasteiger partial charge on any atom is -0.207 e. The number of halogens is 4. The topological polar surface area (TPSA) is 0 Å². The van der Waals surface area contributed by atoms with E-state index in [1.165, 1.54) is 12.1 Å². The lowest BCUT2D eigenvalue weighted by Crippen LogP contribution is -1.94. The SMILES string of the molecule is Fc1ccc(C(Br)c2ccc(Cl)cc2)c(Cl)c1. The van der Waals surface area contributed by atoms with E-state index >= 15 is 0 Å². The Morgan fingerprint density at radius 3 is 2.24 bits per heavy atom. The van der Waals surface area contributed by atoms with Crippen molar-refractivity contribution in [2.75, 3.05) is 0 Å². The van der Waals surface area contributed by atoms with Gasteiger partial charge in [0.25, 0.3) is 0 Å². The predicted octanol–water partition coefficient (Wildman–Crippen LogP) is 5.62. The van der Waals surface area contributed by atoms with Gasteiger partial charge in [-0.1, -0.05) is 57.3 Å². The Morgan fingerprint density at radius 1 is 1.00 bits per heavy atom. The second-order valence-corrected chi connectivity index (χ2v) is 5.34. The Hall–Kier alpha value is -0.570. The van der Waals surface area contributed by atoms with Crippen molar-refractivity contribution in [3.63, 3.8) is 0 Å². The molecule has 2 rings (SSSR count). The summed E-state index contributed by atoms with van der Waals surface area (Å²) in [6, 6.07) is 11.8. The van der Waals surface area contributed by atoms with Crippen molar-refractivity contribution in [3.05, 3.63) is 69.5 Å². The second kappa shape index (κ2) is 5.38. The summed E-state index contributed by atoms with van der Waals surface area (Å²) < 4.78 is 12.9. The van der Waals surface area contributed by atoms with Gasteiger partial charge in [-0.25, -0.2) is 4.39 Å². The van der Waals surface area contributed by atoms with Crippen molar-refractivity contribution >= 4 is 39.1 Å². The zero-order valence-corrected chi connectivity index (χ0v) is 11.7. The van der Waals surface area contributed by atoms with Gasteiger partial charge in [0.15, 0.2) is 0 Å². The summed E-state index contributed by atoms with van der Waals surface area (Å²) in [6.07, 6.45) is 0. The molecular formula is C13H8BrCl2F. The highest BCUT2D eigenvalue weighted by Crippen LogP contribution is 2.35. The van der Waals surface area contributed by atoms with Crippen LogP contribution in [0, 0.1) is 5.82 Å². The fourth-order valence-electron chi connectivity index (χ4n) is 1.52. The summed E-state index contributed by atoms with van der Waals surface area (Å²) in [5, 5.41) is 1.08. The molecule has 2 aromatic rings. The molecule has 0 saturated heterocycles. The van der Waals surface area contributed by atoms with Crippen LogP contribution in [-0.4, -0.2) is 0 Å². The normalized spacial score (nSPS) is 12.5. The number of alkyl halides is 1. The van der Waals surface area contributed by atoms with Crippen LogP contribution in [0.1, 0.15) is 16.0 Å². The molecule has 0 saturated carbocycles. The standard InChI is InChI=1S/C13H8BrCl2F/c14-13(8-1-3-9(15)4-2-8)11-6-5-10(17)7-12(11)16/h1-7,13H. The van der Waals surface area contributed by atoms with E-state index in [9.17, 15) is 4.39 Å². The van der Waals surface area contributed by atoms with Gasteiger partial charge in [0.2, 0.25) is 0 Å². The molecule has 0 spiro atoms. The maximum Gasteiger partial charge on any atom is 0.124 e. The molecule has 88 valence electrons. The van der Waals surface area contributed by atoms with E-state index in [2.05, 4.69) is 15.9 Å². The molecule has 0 aromatic heterocycles. The third-order valence-corrected chi connectivity index (χ3v) is 4.00. The molecule has 0 N–H and O–H groups in total. The zero-order valence-electron chi connectivity index (χ0n) is 8.63. The average Bonchev–Trinajstić information content (AvgIpc) is 2.29. The van der Waals surface area contributed by atoms with E-state index in [-0.39, 0.29) is 10.6 Å². The lowest BCUT2D eigenvalue weighted by molar-refractivity contribution is 0.627. The molecule has 2 aromatic carbocycles. The van der Waals surface area contributed by atoms with Gasteiger partial charge in [0.05, 0.1) is 4.83 Å². The molecule has 0 radical (unpaired) electrons. The molecule has 0 amide bonds. The van der Waals surface area contributed by atoms with Crippen LogP contribution in [0.15, 0.2) is 42.5 Å². The van der Waals surface area contributed by atoms with Crippen molar-refractivity contribution < 1.29 is 4.39 Å². The van der Waals surface area contributed by atoms with Crippen molar-refractivity contribution in [1.29, 1.82) is 0 Å². The monoisotopic (exact) mass is 332 g/mol. The van der Waals surface area contributed by atoms with Gasteiger partial charge in [-0.05, 0) is 35.4 Å². The van der Waals surface area contributed by atoms with Crippen LogP contribution in [-0.2, 0) is 0 Å². The number of rotatable bonds is 2. The van der Waals surface area contributed by atoms with Gasteiger partial charge < -0.3 is 0 Å². The molecular weight excluding hydrogens is 326 g/mol. The zero-order chi connectivity index (χ0) is 12.4. The van der Waals surface area contributed by atoms with Gasteiger partial charge in [0.1, 0.15) is 5.82 Å². The first-order valence-electron chi connectivity index (χ1n) is 4.92. The second-order valence-electron chi connectivity index (χ2n) is 3.58. The van der Waals surface area contributed by atoms with Crippen LogP contribution in [0.3, 0.4) is 0 Å². The van der Waals surface area contributed by atoms with E-state index in [4.69, 9.17) is 23.2 Å². The van der Waals surface area contributed by atoms with Crippen molar-refractivity contribution in [2.45, 2.75) is 4.83 Å². The highest BCUT2D eigenvalue weighted by atomic mass is 79.9. The Labute approximate surface area is 117 Å². The highest BCUT2D eigenvalue weighted by molar-refractivity contribution is 9.09. The molecule has 17 heavy (non-hydrogen) atoms. The average molecular weight is 334 g/mol. The van der Waals surface area contributed by atoms with E-state index in [1.807, 2.05) is 24.3 Å². The van der Waals surface area contributed by atoms with E-state index in [0.717, 1.165) is 11.1 Å². The molecule has 1 unspecified atom stereocenters. The largest absolute Gasteiger partial charge is 0.207 e. The Kier molecular flexibility index (Phi) is 4.08. The maximum absolute atomic E-state index is 12.9. The fourth-order valence-corrected chi connectivity index (χ4v) is 2.76. The third kappa shape index (κ3) is 3.01. The minimum absolute atomic E-state index is 0.0760. The summed E-state index contributed by atoms with van der Waals surface area (Å²) in [6.45, 7) is 0. The third-order valence-electron chi connectivity index (χ3n) is 2.40. The Balaban J connectivity index is 2.36. The lowest BCUT2D eigenvalue weighted by atomic mass is 10.0. The molecule has 4 heteroatoms. The van der Waals surface area contributed by atoms with Crippen LogP contribution in [0.2, 0.25) is 10.0 Å². The molecule has 0 heterocycles. The molecule has 0 nitrogen and oxygen atoms in total. The van der Waals surface area contributed by atoms with Gasteiger partial charge in [-0.15, -0.1) is 0 Å². The molecule has 0 aliphatic carbocycles. The molecule has 0 bridgehead atoms. The molecule has 0 fully saturated rings. The van der Waals surface area contributed by atoms with Crippen molar-refractivity contribution in [3.8, 4) is 0 Å². The van der Waals surface area contributed by atoms with Gasteiger partial charge in [-0.2, -0.15) is 0 Å². The molecule has 0 aliphatic heterocycles. The number of benzene rings is 2. The summed E-state index contributed by atoms with van der Waals surface area (Å²) in [5.74, 6) is -0.338. The Morgan fingerprint density at radius 2 is 1.65 bits per heavy atom. The first kappa shape index (κ1) is 12.9. The first-order chi connectivity index (χ1) is 8.08. The maximum atomic E-state index is 12.9. The lowest BCUT2D eigenvalue weighted by Gasteiger charge is -2.12. The van der Waals surface area contributed by atoms with Crippen LogP contribution in [0.5, 0.6) is 0 Å². The van der Waals surface area contributed by atoms with E-state index < -0.39 is 0 Å². The fraction of sp³-hybridized carbons (Fsp3) is 0.0769. The van der Waals surface area contributed by atoms with Gasteiger partial charge in [0, 0.05) is 10.0 Å². The smallest absolute Gasteiger partial charge is 0.124 e. The summed E-state index contributed by atoms with van der Waals surface area (Å²) >= 11 is 15.4. The van der Waals surface area contributed by atoms with E-state index in [1.54, 1.807) is 6.07 Å². The first-order valence-corrected chi connectivity index (χ1v) is 6.59. The highest BCUT2D eigenvalue weighted by Gasteiger charge is 2.14. The number of hydrogen-bond acceptors (Lipinski definition) is 0. The minimum atomic E-state index is -0.338. The van der Waals surface area contributed by atoms with Gasteiger partial charge >= 0.3 is 0 Å². The quantitative estimate of drug-likeness (QED) is 0.626. The van der Waals surface area contributed by atoms with Crippen molar-refractivity contribution in [2.24, 2.45) is 0 Å². The van der Waals surface area contributed by atoms with E-state index in [0.29, 0.717) is 10.0 Å². The number of hydrogen-bond donors (Lipinski definition) is 0. The Bertz CT molecular complexity index is 525. The molecule has 0 aliphatic rings. The summed E-state index contributed by atoms with van der Waals surface area (Å²) in [5.41, 5.74) is 1.85. The van der Waals surface area contributed by atoms with Gasteiger partial charge in [-0.3, -0.25) is 0 Å². The van der Waals surface area contributed by atoms with Crippen molar-refractivity contribution in [1.82, 2.24) is 0 Å². The van der Waals surface area contributed by atoms with Crippen LogP contribution in [0.4, 0.5) is 4.39 Å². The summed E-state index contributed by atoms with van der Waals surface area (Å²) in [7, 11) is 0. The molecule has 1 atom stereocenters. The predicted molar refractivity (Wildman–Crippen MR) is 73.6 cm³/mol. The van der Waals surface area contributed by atoms with Crippen LogP contribution in [0.25, 0.3) is 0 Å². The summed E-state index contributed by atoms with van der Waals surface area (Å²) in [4.78, 5) is -0.0760.